The number of hydrogen-bond donors (Lipinski definition) is 0. The van der Waals surface area contributed by atoms with Crippen molar-refractivity contribution in [2.75, 3.05) is 0 Å². The van der Waals surface area contributed by atoms with Crippen LogP contribution < -0.4 is 5.19 Å². The van der Waals surface area contributed by atoms with Crippen LogP contribution in [0.5, 0.6) is 0 Å². The van der Waals surface area contributed by atoms with E-state index in [1.54, 1.807) is 0 Å². The molecule has 0 unspecified atom stereocenters. The maximum Gasteiger partial charge on any atom is 0.125 e. The van der Waals surface area contributed by atoms with Gasteiger partial charge in [-0.25, -0.2) is 0 Å². The summed E-state index contributed by atoms with van der Waals surface area (Å²) in [5, 5.41) is 1.17. The van der Waals surface area contributed by atoms with Gasteiger partial charge in [0.2, 0.25) is 0 Å². The Labute approximate surface area is 85.0 Å². The lowest BCUT2D eigenvalue weighted by Crippen LogP contribution is -2.22. The van der Waals surface area contributed by atoms with Crippen molar-refractivity contribution in [3.8, 4) is 0 Å². The first-order valence-electron chi connectivity index (χ1n) is 3.50. The Balaban J connectivity index is 2.89. The molecule has 0 aliphatic rings. The summed E-state index contributed by atoms with van der Waals surface area (Å²) in [6.07, 6.45) is 1.82. The Morgan fingerprint density at radius 1 is 1.33 bits per heavy atom. The number of benzene rings is 1. The lowest BCUT2D eigenvalue weighted by molar-refractivity contribution is 1.70. The molecule has 0 saturated heterocycles. The van der Waals surface area contributed by atoms with Gasteiger partial charge in [0.05, 0.1) is 4.46 Å². The zero-order chi connectivity index (χ0) is 8.97. The van der Waals surface area contributed by atoms with Crippen LogP contribution in [0.1, 0.15) is 5.56 Å². The molecule has 1 rings (SSSR count). The molecule has 0 aromatic heterocycles. The highest BCUT2D eigenvalue weighted by Crippen LogP contribution is 2.02. The predicted octanol–water partition coefficient (Wildman–Crippen LogP) is 2.42. The summed E-state index contributed by atoms with van der Waals surface area (Å²) in [6, 6.07) is 7.98. The van der Waals surface area contributed by atoms with Gasteiger partial charge >= 0.3 is 0 Å². The third-order valence-electron chi connectivity index (χ3n) is 1.45. The molecule has 1 aromatic carbocycles. The van der Waals surface area contributed by atoms with Crippen molar-refractivity contribution in [3.05, 3.63) is 36.4 Å². The zero-order valence-corrected chi connectivity index (χ0v) is 8.94. The molecule has 0 bridgehead atoms. The van der Waals surface area contributed by atoms with Crippen molar-refractivity contribution in [2.45, 2.75) is 4.46 Å². The average molecular weight is 215 g/mol. The van der Waals surface area contributed by atoms with E-state index in [1.165, 1.54) is 5.19 Å². The quantitative estimate of drug-likeness (QED) is 0.536. The molecule has 0 saturated carbocycles. The molecular weight excluding hydrogens is 207 g/mol. The van der Waals surface area contributed by atoms with Gasteiger partial charge in [0.1, 0.15) is 9.52 Å². The molecule has 0 atom stereocenters. The van der Waals surface area contributed by atoms with Crippen molar-refractivity contribution < 1.29 is 0 Å². The fourth-order valence-corrected chi connectivity index (χ4v) is 2.41. The highest BCUT2D eigenvalue weighted by molar-refractivity contribution is 6.76. The Kier molecular flexibility index (Phi) is 3.86. The second kappa shape index (κ2) is 4.70. The Bertz CT molecular complexity index is 271. The molecular formula is C9H8Cl2Si. The monoisotopic (exact) mass is 214 g/mol. The number of halogens is 2. The van der Waals surface area contributed by atoms with Gasteiger partial charge in [-0.2, -0.15) is 0 Å². The first-order chi connectivity index (χ1) is 5.74. The van der Waals surface area contributed by atoms with E-state index in [4.69, 9.17) is 23.2 Å². The van der Waals surface area contributed by atoms with Crippen LogP contribution in [0.4, 0.5) is 0 Å². The smallest absolute Gasteiger partial charge is 0.110 e. The molecule has 0 aliphatic carbocycles. The van der Waals surface area contributed by atoms with Crippen LogP contribution in [0.25, 0.3) is 6.08 Å². The minimum atomic E-state index is -0.314. The van der Waals surface area contributed by atoms with Crippen LogP contribution in [0.15, 0.2) is 30.8 Å². The summed E-state index contributed by atoms with van der Waals surface area (Å²) in [4.78, 5) is 0. The van der Waals surface area contributed by atoms with Gasteiger partial charge in [0.25, 0.3) is 0 Å². The van der Waals surface area contributed by atoms with Crippen molar-refractivity contribution >= 4 is 44.0 Å². The van der Waals surface area contributed by atoms with E-state index in [2.05, 4.69) is 6.58 Å². The molecule has 2 radical (unpaired) electrons. The second-order valence-electron chi connectivity index (χ2n) is 2.24. The number of rotatable bonds is 3. The Morgan fingerprint density at radius 2 is 2.00 bits per heavy atom. The highest BCUT2D eigenvalue weighted by Gasteiger charge is 2.05. The average Bonchev–Trinajstić information content (AvgIpc) is 2.04. The standard InChI is InChI=1S/C9H8Cl2Si/c1-2-7-5-3-4-6-8(7)12-9(10)11/h2-6,9H,1H2. The van der Waals surface area contributed by atoms with E-state index in [-0.39, 0.29) is 4.46 Å². The summed E-state index contributed by atoms with van der Waals surface area (Å²) >= 11 is 11.4. The van der Waals surface area contributed by atoms with Gasteiger partial charge in [-0.3, -0.25) is 0 Å². The Hall–Kier alpha value is -0.243. The minimum Gasteiger partial charge on any atom is -0.110 e. The lowest BCUT2D eigenvalue weighted by atomic mass is 10.2. The molecule has 0 N–H and O–H groups in total. The van der Waals surface area contributed by atoms with E-state index < -0.39 is 0 Å². The molecule has 1 aromatic rings. The van der Waals surface area contributed by atoms with Crippen LogP contribution in [-0.2, 0) is 0 Å². The van der Waals surface area contributed by atoms with Gasteiger partial charge in [-0.1, -0.05) is 42.1 Å². The zero-order valence-electron chi connectivity index (χ0n) is 6.43. The van der Waals surface area contributed by atoms with E-state index in [1.807, 2.05) is 30.3 Å². The molecule has 0 aliphatic heterocycles. The van der Waals surface area contributed by atoms with Crippen LogP contribution in [-0.4, -0.2) is 14.0 Å². The molecule has 12 heavy (non-hydrogen) atoms. The maximum absolute atomic E-state index is 5.68. The Morgan fingerprint density at radius 3 is 2.58 bits per heavy atom. The molecule has 0 spiro atoms. The molecule has 3 heteroatoms. The topological polar surface area (TPSA) is 0 Å². The van der Waals surface area contributed by atoms with Crippen molar-refractivity contribution in [1.29, 1.82) is 0 Å². The fourth-order valence-electron chi connectivity index (χ4n) is 0.924. The summed E-state index contributed by atoms with van der Waals surface area (Å²) in [7, 11) is 0.426. The van der Waals surface area contributed by atoms with Crippen LogP contribution in [0.2, 0.25) is 0 Å². The van der Waals surface area contributed by atoms with E-state index in [0.29, 0.717) is 9.52 Å². The van der Waals surface area contributed by atoms with Gasteiger partial charge in [-0.15, -0.1) is 23.2 Å². The van der Waals surface area contributed by atoms with Crippen LogP contribution in [0.3, 0.4) is 0 Å². The van der Waals surface area contributed by atoms with Crippen molar-refractivity contribution in [1.82, 2.24) is 0 Å². The fraction of sp³-hybridized carbons (Fsp3) is 0.111. The molecule has 0 heterocycles. The van der Waals surface area contributed by atoms with Gasteiger partial charge in [0.15, 0.2) is 0 Å². The van der Waals surface area contributed by atoms with E-state index >= 15 is 0 Å². The molecule has 0 fully saturated rings. The maximum atomic E-state index is 5.68. The first-order valence-corrected chi connectivity index (χ1v) is 5.45. The van der Waals surface area contributed by atoms with Gasteiger partial charge in [-0.05, 0) is 5.56 Å². The normalized spacial score (nSPS) is 10.2. The summed E-state index contributed by atoms with van der Waals surface area (Å²) in [5.74, 6) is 0. The van der Waals surface area contributed by atoms with E-state index in [9.17, 15) is 0 Å². The van der Waals surface area contributed by atoms with Crippen molar-refractivity contribution in [2.24, 2.45) is 0 Å². The van der Waals surface area contributed by atoms with E-state index in [0.717, 1.165) is 5.56 Å². The SMILES string of the molecule is C=Cc1ccccc1[Si]C(Cl)Cl. The lowest BCUT2D eigenvalue weighted by Gasteiger charge is -2.03. The molecule has 62 valence electrons. The van der Waals surface area contributed by atoms with Crippen LogP contribution in [0, 0.1) is 0 Å². The number of alkyl halides is 2. The van der Waals surface area contributed by atoms with Gasteiger partial charge < -0.3 is 0 Å². The summed E-state index contributed by atoms with van der Waals surface area (Å²) < 4.78 is -0.314. The molecule has 0 nitrogen and oxygen atoms in total. The molecule has 0 amide bonds. The minimum absolute atomic E-state index is 0.314. The predicted molar refractivity (Wildman–Crippen MR) is 57.4 cm³/mol. The second-order valence-corrected chi connectivity index (χ2v) is 5.47. The third-order valence-corrected chi connectivity index (χ3v) is 3.08. The van der Waals surface area contributed by atoms with Gasteiger partial charge in [0, 0.05) is 0 Å². The van der Waals surface area contributed by atoms with Crippen molar-refractivity contribution in [3.63, 3.8) is 0 Å². The third kappa shape index (κ3) is 2.66. The first kappa shape index (κ1) is 9.84. The highest BCUT2D eigenvalue weighted by atomic mass is 35.5. The van der Waals surface area contributed by atoms with Crippen LogP contribution >= 0.6 is 23.2 Å². The summed E-state index contributed by atoms with van der Waals surface area (Å²) in [5.41, 5.74) is 1.11. The largest absolute Gasteiger partial charge is 0.125 e. The number of hydrogen-bond acceptors (Lipinski definition) is 0. The summed E-state index contributed by atoms with van der Waals surface area (Å²) in [6.45, 7) is 3.72.